The molecule has 0 radical (unpaired) electrons. The Morgan fingerprint density at radius 2 is 1.75 bits per heavy atom. The lowest BCUT2D eigenvalue weighted by Gasteiger charge is -2.30. The zero-order valence-electron chi connectivity index (χ0n) is 22.5. The van der Waals surface area contributed by atoms with E-state index in [1.807, 2.05) is 40.7 Å². The molecule has 0 amide bonds. The molecule has 0 aliphatic heterocycles. The van der Waals surface area contributed by atoms with Crippen molar-refractivity contribution in [2.24, 2.45) is 5.92 Å². The molecule has 4 nitrogen and oxygen atoms in total. The van der Waals surface area contributed by atoms with Crippen LogP contribution in [-0.4, -0.2) is 28.0 Å². The lowest BCUT2D eigenvalue weighted by Crippen LogP contribution is -2.42. The van der Waals surface area contributed by atoms with Crippen molar-refractivity contribution in [3.8, 4) is 11.1 Å². The van der Waals surface area contributed by atoms with E-state index in [2.05, 4.69) is 16.9 Å². The summed E-state index contributed by atoms with van der Waals surface area (Å²) >= 11 is -1.52. The first-order chi connectivity index (χ1) is 16.8. The molecule has 1 aliphatic carbocycles. The second-order valence-electron chi connectivity index (χ2n) is 11.0. The maximum Gasteiger partial charge on any atom is 0.307 e. The molecule has 0 unspecified atom stereocenters. The monoisotopic (exact) mass is 519 g/mol. The topological polar surface area (TPSA) is 61.4 Å². The largest absolute Gasteiger partial charge is 0.598 e. The van der Waals surface area contributed by atoms with Crippen LogP contribution in [0.15, 0.2) is 24.3 Å². The number of carbonyl (C=O) groups excluding carboxylic acids is 1. The predicted molar refractivity (Wildman–Crippen MR) is 142 cm³/mol. The van der Waals surface area contributed by atoms with E-state index in [0.29, 0.717) is 29.9 Å². The molecule has 0 bridgehead atoms. The van der Waals surface area contributed by atoms with Gasteiger partial charge in [0.2, 0.25) is 0 Å². The van der Waals surface area contributed by atoms with Gasteiger partial charge >= 0.3 is 5.97 Å². The van der Waals surface area contributed by atoms with Crippen LogP contribution < -0.4 is 4.72 Å². The molecule has 0 spiro atoms. The molecule has 1 fully saturated rings. The molecule has 1 N–H and O–H groups in total. The van der Waals surface area contributed by atoms with E-state index in [-0.39, 0.29) is 13.0 Å². The minimum Gasteiger partial charge on any atom is -0.598 e. The van der Waals surface area contributed by atoms with E-state index in [0.717, 1.165) is 28.7 Å². The van der Waals surface area contributed by atoms with Gasteiger partial charge in [-0.15, -0.1) is 4.72 Å². The van der Waals surface area contributed by atoms with Gasteiger partial charge in [0.05, 0.1) is 19.1 Å². The molecule has 36 heavy (non-hydrogen) atoms. The number of carbonyl (C=O) groups is 1. The van der Waals surface area contributed by atoms with Crippen molar-refractivity contribution >= 4 is 17.3 Å². The van der Waals surface area contributed by atoms with Gasteiger partial charge in [0.25, 0.3) is 0 Å². The highest BCUT2D eigenvalue weighted by Gasteiger charge is 2.33. The summed E-state index contributed by atoms with van der Waals surface area (Å²) in [7, 11) is 0. The molecular formula is C29H39F2NO3S. The minimum absolute atomic E-state index is 0.136. The maximum absolute atomic E-state index is 15.5. The summed E-state index contributed by atoms with van der Waals surface area (Å²) in [5.74, 6) is -0.515. The Labute approximate surface area is 217 Å². The van der Waals surface area contributed by atoms with Gasteiger partial charge in [-0.2, -0.15) is 0 Å². The first kappa shape index (κ1) is 28.6. The predicted octanol–water partition coefficient (Wildman–Crippen LogP) is 6.75. The van der Waals surface area contributed by atoms with Crippen molar-refractivity contribution < 1.29 is 22.9 Å². The number of esters is 1. The number of ether oxygens (including phenoxy) is 1. The van der Waals surface area contributed by atoms with Crippen LogP contribution in [0.5, 0.6) is 0 Å². The number of nitrogens with one attached hydrogen (secondary N) is 1. The SMILES string of the molecule is CCOC(=O)C[C@H](N[S@+]([O-])C(C)(C)C)c1cc(-c2c(C)cc(CC3CC(F)C3)cc2C)cc(C)c1F. The fourth-order valence-corrected chi connectivity index (χ4v) is 5.71. The Balaban J connectivity index is 2.00. The summed E-state index contributed by atoms with van der Waals surface area (Å²) in [6.07, 6.45) is 1.32. The van der Waals surface area contributed by atoms with Crippen molar-refractivity contribution in [2.75, 3.05) is 6.61 Å². The minimum atomic E-state index is -1.52. The zero-order chi connectivity index (χ0) is 26.8. The molecule has 2 aromatic carbocycles. The summed E-state index contributed by atoms with van der Waals surface area (Å²) in [6, 6.07) is 7.03. The quantitative estimate of drug-likeness (QED) is 0.294. The molecule has 2 aromatic rings. The average Bonchev–Trinajstić information content (AvgIpc) is 2.73. The lowest BCUT2D eigenvalue weighted by atomic mass is 9.78. The van der Waals surface area contributed by atoms with Crippen LogP contribution in [0, 0.1) is 32.5 Å². The van der Waals surface area contributed by atoms with Crippen molar-refractivity contribution in [1.82, 2.24) is 4.72 Å². The molecular weight excluding hydrogens is 480 g/mol. The van der Waals surface area contributed by atoms with Gasteiger partial charge in [-0.3, -0.25) is 4.79 Å². The molecule has 1 aliphatic rings. The van der Waals surface area contributed by atoms with Crippen LogP contribution in [0.3, 0.4) is 0 Å². The van der Waals surface area contributed by atoms with Gasteiger partial charge in [-0.05, 0) is 119 Å². The van der Waals surface area contributed by atoms with Gasteiger partial charge in [0, 0.05) is 16.9 Å². The number of rotatable bonds is 9. The molecule has 3 rings (SSSR count). The van der Waals surface area contributed by atoms with Crippen LogP contribution in [-0.2, 0) is 27.3 Å². The van der Waals surface area contributed by atoms with Crippen LogP contribution in [0.1, 0.15) is 80.8 Å². The molecule has 0 heterocycles. The van der Waals surface area contributed by atoms with Gasteiger partial charge in [-0.1, -0.05) is 12.1 Å². The molecule has 2 atom stereocenters. The fourth-order valence-electron chi connectivity index (χ4n) is 4.88. The van der Waals surface area contributed by atoms with Gasteiger partial charge in [0.15, 0.2) is 0 Å². The summed E-state index contributed by atoms with van der Waals surface area (Å²) < 4.78 is 49.2. The Bertz CT molecular complexity index is 1070. The second-order valence-corrected chi connectivity index (χ2v) is 13.0. The van der Waals surface area contributed by atoms with E-state index < -0.39 is 40.1 Å². The number of alkyl halides is 1. The highest BCUT2D eigenvalue weighted by atomic mass is 32.2. The number of hydrogen-bond donors (Lipinski definition) is 1. The van der Waals surface area contributed by atoms with E-state index in [1.165, 1.54) is 5.56 Å². The highest BCUT2D eigenvalue weighted by molar-refractivity contribution is 7.90. The van der Waals surface area contributed by atoms with Gasteiger partial charge in [0.1, 0.15) is 16.7 Å². The zero-order valence-corrected chi connectivity index (χ0v) is 23.3. The maximum atomic E-state index is 15.5. The summed E-state index contributed by atoms with van der Waals surface area (Å²) in [5.41, 5.74) is 5.90. The summed E-state index contributed by atoms with van der Waals surface area (Å²) in [5, 5.41) is 0. The summed E-state index contributed by atoms with van der Waals surface area (Å²) in [6.45, 7) is 13.2. The smallest absolute Gasteiger partial charge is 0.307 e. The van der Waals surface area contributed by atoms with Gasteiger partial charge < -0.3 is 9.29 Å². The third-order valence-electron chi connectivity index (χ3n) is 6.72. The van der Waals surface area contributed by atoms with Crippen LogP contribution in [0.25, 0.3) is 11.1 Å². The average molecular weight is 520 g/mol. The first-order valence-corrected chi connectivity index (χ1v) is 13.8. The Morgan fingerprint density at radius 3 is 2.28 bits per heavy atom. The van der Waals surface area contributed by atoms with Crippen LogP contribution >= 0.6 is 0 Å². The van der Waals surface area contributed by atoms with E-state index >= 15 is 4.39 Å². The Kier molecular flexibility index (Phi) is 9.23. The van der Waals surface area contributed by atoms with Gasteiger partial charge in [-0.25, -0.2) is 8.78 Å². The van der Waals surface area contributed by atoms with E-state index in [9.17, 15) is 13.7 Å². The van der Waals surface area contributed by atoms with Crippen molar-refractivity contribution in [3.63, 3.8) is 0 Å². The number of benzene rings is 2. The Morgan fingerprint density at radius 1 is 1.14 bits per heavy atom. The second kappa shape index (κ2) is 11.6. The molecule has 1 saturated carbocycles. The highest BCUT2D eigenvalue weighted by Crippen LogP contribution is 2.37. The van der Waals surface area contributed by atoms with E-state index in [4.69, 9.17) is 4.74 Å². The third kappa shape index (κ3) is 6.87. The number of hydrogen-bond acceptors (Lipinski definition) is 4. The van der Waals surface area contributed by atoms with Crippen LogP contribution in [0.4, 0.5) is 8.78 Å². The fraction of sp³-hybridized carbons (Fsp3) is 0.552. The van der Waals surface area contributed by atoms with E-state index in [1.54, 1.807) is 19.9 Å². The van der Waals surface area contributed by atoms with Crippen LogP contribution in [0.2, 0.25) is 0 Å². The first-order valence-electron chi connectivity index (χ1n) is 12.7. The van der Waals surface area contributed by atoms with Crippen molar-refractivity contribution in [3.05, 3.63) is 57.9 Å². The van der Waals surface area contributed by atoms with Crippen molar-refractivity contribution in [1.29, 1.82) is 0 Å². The lowest BCUT2D eigenvalue weighted by molar-refractivity contribution is -0.143. The molecule has 0 saturated heterocycles. The standard InChI is InChI=1S/C29H39F2NO3S/c1-8-35-26(33)16-25(32-36(34)29(5,6)7)24-15-22(11-19(4)28(24)31)27-17(2)9-20(10-18(27)3)12-21-13-23(30)14-21/h9-11,15,21,23,25,32H,8,12-14,16H2,1-7H3/t21?,23?,25-,36+/m0/s1. The molecule has 7 heteroatoms. The third-order valence-corrected chi connectivity index (χ3v) is 8.33. The normalized spacial score (nSPS) is 19.5. The van der Waals surface area contributed by atoms with Crippen molar-refractivity contribution in [2.45, 2.75) is 91.1 Å². The molecule has 0 aromatic heterocycles. The molecule has 198 valence electrons. The Hall–Kier alpha value is -1.96. The number of aryl methyl sites for hydroxylation is 3. The summed E-state index contributed by atoms with van der Waals surface area (Å²) in [4.78, 5) is 12.4. The number of halogens is 2.